The first kappa shape index (κ1) is 15.3. The zero-order valence-electron chi connectivity index (χ0n) is 11.5. The molecule has 18 heavy (non-hydrogen) atoms. The summed E-state index contributed by atoms with van der Waals surface area (Å²) in [6.45, 7) is 3.78. The van der Waals surface area contributed by atoms with Crippen molar-refractivity contribution in [2.24, 2.45) is 0 Å². The van der Waals surface area contributed by atoms with Crippen LogP contribution in [0.2, 0.25) is 0 Å². The summed E-state index contributed by atoms with van der Waals surface area (Å²) in [5.74, 6) is 0. The van der Waals surface area contributed by atoms with Gasteiger partial charge in [0.2, 0.25) is 0 Å². The van der Waals surface area contributed by atoms with Gasteiger partial charge in [0.15, 0.2) is 6.10 Å². The second-order valence-electron chi connectivity index (χ2n) is 4.85. The number of hydrogen-bond donors (Lipinski definition) is 0. The second kappa shape index (κ2) is 10.2. The Labute approximate surface area is 110 Å². The number of ether oxygens (including phenoxy) is 3. The van der Waals surface area contributed by atoms with Crippen LogP contribution >= 0.6 is 0 Å². The molecule has 1 heterocycles. The molecule has 0 saturated carbocycles. The van der Waals surface area contributed by atoms with Crippen LogP contribution < -0.4 is 0 Å². The molecule has 1 atom stereocenters. The van der Waals surface area contributed by atoms with Crippen LogP contribution in [0.1, 0.15) is 58.3 Å². The fraction of sp³-hybridized carbons (Fsp3) is 0.929. The normalized spacial score (nSPS) is 18.7. The van der Waals surface area contributed by atoms with Gasteiger partial charge in [0.25, 0.3) is 0 Å². The summed E-state index contributed by atoms with van der Waals surface area (Å²) >= 11 is 0. The fourth-order valence-corrected chi connectivity index (χ4v) is 2.00. The molecule has 0 aromatic carbocycles. The zero-order valence-corrected chi connectivity index (χ0v) is 11.5. The summed E-state index contributed by atoms with van der Waals surface area (Å²) in [7, 11) is 0. The van der Waals surface area contributed by atoms with Crippen molar-refractivity contribution in [3.05, 3.63) is 0 Å². The van der Waals surface area contributed by atoms with Crippen molar-refractivity contribution in [1.29, 1.82) is 0 Å². The van der Waals surface area contributed by atoms with Crippen LogP contribution in [0.25, 0.3) is 0 Å². The Bertz CT molecular complexity index is 218. The predicted molar refractivity (Wildman–Crippen MR) is 69.7 cm³/mol. The van der Waals surface area contributed by atoms with Crippen molar-refractivity contribution in [3.8, 4) is 0 Å². The van der Waals surface area contributed by atoms with Gasteiger partial charge in [-0.2, -0.15) is 0 Å². The summed E-state index contributed by atoms with van der Waals surface area (Å²) in [5.41, 5.74) is 0. The molecule has 0 N–H and O–H groups in total. The lowest BCUT2D eigenvalue weighted by atomic mass is 10.1. The first-order valence-electron chi connectivity index (χ1n) is 7.24. The van der Waals surface area contributed by atoms with Crippen LogP contribution in [0, 0.1) is 0 Å². The minimum atomic E-state index is -0.573. The van der Waals surface area contributed by atoms with Crippen LogP contribution in [0.3, 0.4) is 0 Å². The molecule has 0 radical (unpaired) electrons. The number of unbranched alkanes of at least 4 members (excludes halogenated alkanes) is 7. The molecule has 106 valence electrons. The number of carbonyl (C=O) groups excluding carboxylic acids is 1. The maximum Gasteiger partial charge on any atom is 0.508 e. The number of carbonyl (C=O) groups is 1. The van der Waals surface area contributed by atoms with Gasteiger partial charge >= 0.3 is 6.16 Å². The van der Waals surface area contributed by atoms with E-state index in [1.54, 1.807) is 0 Å². The molecule has 1 aliphatic heterocycles. The number of cyclic esters (lactones) is 2. The van der Waals surface area contributed by atoms with Gasteiger partial charge in [-0.25, -0.2) is 4.79 Å². The van der Waals surface area contributed by atoms with E-state index in [9.17, 15) is 4.79 Å². The molecule has 1 fully saturated rings. The van der Waals surface area contributed by atoms with E-state index in [-0.39, 0.29) is 6.10 Å². The van der Waals surface area contributed by atoms with Gasteiger partial charge in [0, 0.05) is 6.61 Å². The fourth-order valence-electron chi connectivity index (χ4n) is 2.00. The largest absolute Gasteiger partial charge is 0.508 e. The van der Waals surface area contributed by atoms with Gasteiger partial charge in [0.1, 0.15) is 6.61 Å². The van der Waals surface area contributed by atoms with Crippen LogP contribution in [-0.2, 0) is 14.2 Å². The number of rotatable bonds is 11. The van der Waals surface area contributed by atoms with Crippen molar-refractivity contribution in [2.45, 2.75) is 64.4 Å². The van der Waals surface area contributed by atoms with E-state index in [1.165, 1.54) is 44.9 Å². The van der Waals surface area contributed by atoms with E-state index < -0.39 is 6.16 Å². The van der Waals surface area contributed by atoms with Gasteiger partial charge in [0.05, 0.1) is 6.61 Å². The molecular weight excluding hydrogens is 232 g/mol. The number of hydrogen-bond acceptors (Lipinski definition) is 4. The van der Waals surface area contributed by atoms with Gasteiger partial charge in [-0.1, -0.05) is 51.9 Å². The van der Waals surface area contributed by atoms with Crippen LogP contribution in [0.5, 0.6) is 0 Å². The quantitative estimate of drug-likeness (QED) is 0.419. The van der Waals surface area contributed by atoms with Crippen molar-refractivity contribution >= 4 is 6.16 Å². The smallest absolute Gasteiger partial charge is 0.430 e. The predicted octanol–water partition coefficient (Wildman–Crippen LogP) is 3.68. The van der Waals surface area contributed by atoms with Gasteiger partial charge in [-0.05, 0) is 6.42 Å². The minimum absolute atomic E-state index is 0.202. The molecule has 4 nitrogen and oxygen atoms in total. The lowest BCUT2D eigenvalue weighted by Crippen LogP contribution is -2.18. The Kier molecular flexibility index (Phi) is 8.65. The third-order valence-corrected chi connectivity index (χ3v) is 3.10. The Morgan fingerprint density at radius 3 is 2.39 bits per heavy atom. The molecule has 0 aliphatic carbocycles. The SMILES string of the molecule is CCCCCCCCCCOCC1COC(=O)O1. The van der Waals surface area contributed by atoms with Gasteiger partial charge in [-0.15, -0.1) is 0 Å². The van der Waals surface area contributed by atoms with E-state index in [1.807, 2.05) is 0 Å². The maximum absolute atomic E-state index is 10.6. The molecule has 0 spiro atoms. The van der Waals surface area contributed by atoms with E-state index in [0.717, 1.165) is 13.0 Å². The highest BCUT2D eigenvalue weighted by molar-refractivity contribution is 5.61. The highest BCUT2D eigenvalue weighted by atomic mass is 16.8. The molecular formula is C14H26O4. The summed E-state index contributed by atoms with van der Waals surface area (Å²) < 4.78 is 15.0. The summed E-state index contributed by atoms with van der Waals surface area (Å²) in [6.07, 6.45) is 9.60. The molecule has 1 unspecified atom stereocenters. The van der Waals surface area contributed by atoms with E-state index >= 15 is 0 Å². The molecule has 1 rings (SSSR count). The molecule has 1 saturated heterocycles. The van der Waals surface area contributed by atoms with Crippen molar-refractivity contribution < 1.29 is 19.0 Å². The topological polar surface area (TPSA) is 44.8 Å². The monoisotopic (exact) mass is 258 g/mol. The third kappa shape index (κ3) is 7.54. The van der Waals surface area contributed by atoms with Crippen LogP contribution in [0.4, 0.5) is 4.79 Å². The molecule has 0 aromatic heterocycles. The highest BCUT2D eigenvalue weighted by Gasteiger charge is 2.24. The van der Waals surface area contributed by atoms with Crippen molar-refractivity contribution in [3.63, 3.8) is 0 Å². The first-order chi connectivity index (χ1) is 8.83. The Morgan fingerprint density at radius 2 is 1.78 bits per heavy atom. The Balaban J connectivity index is 1.75. The Morgan fingerprint density at radius 1 is 1.11 bits per heavy atom. The lowest BCUT2D eigenvalue weighted by molar-refractivity contribution is 0.0443. The average molecular weight is 258 g/mol. The summed E-state index contributed by atoms with van der Waals surface area (Å²) in [5, 5.41) is 0. The molecule has 0 bridgehead atoms. The van der Waals surface area contributed by atoms with Gasteiger partial charge in [-0.3, -0.25) is 0 Å². The molecule has 0 aromatic rings. The lowest BCUT2D eigenvalue weighted by Gasteiger charge is -2.07. The minimum Gasteiger partial charge on any atom is -0.430 e. The first-order valence-corrected chi connectivity index (χ1v) is 7.24. The summed E-state index contributed by atoms with van der Waals surface area (Å²) in [4.78, 5) is 10.6. The van der Waals surface area contributed by atoms with E-state index in [2.05, 4.69) is 11.7 Å². The highest BCUT2D eigenvalue weighted by Crippen LogP contribution is 2.09. The van der Waals surface area contributed by atoms with Crippen LogP contribution in [-0.4, -0.2) is 32.1 Å². The standard InChI is InChI=1S/C14H26O4/c1-2-3-4-5-6-7-8-9-10-16-11-13-12-17-14(15)18-13/h13H,2-12H2,1H3. The van der Waals surface area contributed by atoms with E-state index in [4.69, 9.17) is 9.47 Å². The Hall–Kier alpha value is -0.770. The van der Waals surface area contributed by atoms with Crippen molar-refractivity contribution in [2.75, 3.05) is 19.8 Å². The van der Waals surface area contributed by atoms with E-state index in [0.29, 0.717) is 13.2 Å². The van der Waals surface area contributed by atoms with Crippen molar-refractivity contribution in [1.82, 2.24) is 0 Å². The molecule has 0 amide bonds. The summed E-state index contributed by atoms with van der Waals surface area (Å²) in [6, 6.07) is 0. The maximum atomic E-state index is 10.6. The van der Waals surface area contributed by atoms with Gasteiger partial charge < -0.3 is 14.2 Å². The molecule has 4 heteroatoms. The average Bonchev–Trinajstić information content (AvgIpc) is 2.77. The second-order valence-corrected chi connectivity index (χ2v) is 4.85. The van der Waals surface area contributed by atoms with Crippen LogP contribution in [0.15, 0.2) is 0 Å². The third-order valence-electron chi connectivity index (χ3n) is 3.10. The zero-order chi connectivity index (χ0) is 13.1. The molecule has 1 aliphatic rings.